The van der Waals surface area contributed by atoms with Gasteiger partial charge >= 0.3 is 0 Å². The van der Waals surface area contributed by atoms with Gasteiger partial charge in [-0.1, -0.05) is 19.3 Å². The van der Waals surface area contributed by atoms with Gasteiger partial charge in [0.25, 0.3) is 5.91 Å². The molecule has 1 N–H and O–H groups in total. The SMILES string of the molecule is Cn1nccc1C(=O)NCC1(CCl)CCCCC1. The third-order valence-corrected chi connectivity index (χ3v) is 4.44. The molecule has 0 aromatic carbocycles. The first-order valence-corrected chi connectivity index (χ1v) is 7.02. The standard InChI is InChI=1S/C13H20ClN3O/c1-17-11(5-8-16-17)12(18)15-10-13(9-14)6-3-2-4-7-13/h5,8H,2-4,6-7,9-10H2,1H3,(H,15,18). The number of nitrogens with zero attached hydrogens (tertiary/aromatic N) is 2. The Kier molecular flexibility index (Phi) is 4.27. The Bertz CT molecular complexity index is 410. The summed E-state index contributed by atoms with van der Waals surface area (Å²) in [6, 6.07) is 1.73. The summed E-state index contributed by atoms with van der Waals surface area (Å²) in [6.45, 7) is 0.667. The quantitative estimate of drug-likeness (QED) is 0.853. The molecule has 0 saturated heterocycles. The molecular weight excluding hydrogens is 250 g/mol. The summed E-state index contributed by atoms with van der Waals surface area (Å²) < 4.78 is 1.59. The van der Waals surface area contributed by atoms with Gasteiger partial charge in [-0.05, 0) is 18.9 Å². The molecule has 5 heteroatoms. The predicted molar refractivity (Wildman–Crippen MR) is 71.8 cm³/mol. The number of amides is 1. The number of carbonyl (C=O) groups excluding carboxylic acids is 1. The number of aromatic nitrogens is 2. The average Bonchev–Trinajstić information content (AvgIpc) is 2.83. The first-order chi connectivity index (χ1) is 8.67. The number of rotatable bonds is 4. The normalized spacial score (nSPS) is 18.6. The summed E-state index contributed by atoms with van der Waals surface area (Å²) in [5, 5.41) is 7.00. The third-order valence-electron chi connectivity index (χ3n) is 3.88. The van der Waals surface area contributed by atoms with Crippen molar-refractivity contribution >= 4 is 17.5 Å². The minimum absolute atomic E-state index is 0.0648. The Morgan fingerprint density at radius 1 is 1.50 bits per heavy atom. The fourth-order valence-electron chi connectivity index (χ4n) is 2.61. The highest BCUT2D eigenvalue weighted by Gasteiger charge is 2.31. The lowest BCUT2D eigenvalue weighted by Gasteiger charge is -2.35. The van der Waals surface area contributed by atoms with E-state index in [0.29, 0.717) is 18.1 Å². The van der Waals surface area contributed by atoms with Gasteiger partial charge in [0.15, 0.2) is 0 Å². The van der Waals surface area contributed by atoms with Crippen LogP contribution in [0.4, 0.5) is 0 Å². The molecule has 1 aliphatic carbocycles. The van der Waals surface area contributed by atoms with E-state index in [1.807, 2.05) is 0 Å². The van der Waals surface area contributed by atoms with Crippen LogP contribution in [0, 0.1) is 5.41 Å². The van der Waals surface area contributed by atoms with Crippen LogP contribution in [0.25, 0.3) is 0 Å². The van der Waals surface area contributed by atoms with E-state index >= 15 is 0 Å². The largest absolute Gasteiger partial charge is 0.350 e. The second kappa shape index (κ2) is 5.74. The van der Waals surface area contributed by atoms with Gasteiger partial charge in [0.05, 0.1) is 0 Å². The summed E-state index contributed by atoms with van der Waals surface area (Å²) in [5.74, 6) is 0.559. The highest BCUT2D eigenvalue weighted by atomic mass is 35.5. The molecule has 0 unspecified atom stereocenters. The van der Waals surface area contributed by atoms with Crippen molar-refractivity contribution in [2.75, 3.05) is 12.4 Å². The molecule has 0 radical (unpaired) electrons. The number of aryl methyl sites for hydroxylation is 1. The Hall–Kier alpha value is -1.03. The highest BCUT2D eigenvalue weighted by molar-refractivity contribution is 6.18. The van der Waals surface area contributed by atoms with Crippen molar-refractivity contribution in [3.8, 4) is 0 Å². The van der Waals surface area contributed by atoms with Crippen LogP contribution in [0.5, 0.6) is 0 Å². The number of hydrogen-bond acceptors (Lipinski definition) is 2. The first kappa shape index (κ1) is 13.4. The van der Waals surface area contributed by atoms with Crippen LogP contribution < -0.4 is 5.32 Å². The maximum atomic E-state index is 12.0. The number of nitrogens with one attached hydrogen (secondary N) is 1. The van der Waals surface area contributed by atoms with Crippen molar-refractivity contribution in [2.24, 2.45) is 12.5 Å². The van der Waals surface area contributed by atoms with E-state index in [-0.39, 0.29) is 11.3 Å². The van der Waals surface area contributed by atoms with Gasteiger partial charge in [0.1, 0.15) is 5.69 Å². The van der Waals surface area contributed by atoms with E-state index in [1.165, 1.54) is 19.3 Å². The van der Waals surface area contributed by atoms with Crippen LogP contribution >= 0.6 is 11.6 Å². The zero-order chi connectivity index (χ0) is 13.0. The highest BCUT2D eigenvalue weighted by Crippen LogP contribution is 2.36. The molecule has 0 bridgehead atoms. The summed E-state index contributed by atoms with van der Waals surface area (Å²) in [7, 11) is 1.77. The van der Waals surface area contributed by atoms with E-state index in [1.54, 1.807) is 24.0 Å². The molecule has 4 nitrogen and oxygen atoms in total. The van der Waals surface area contributed by atoms with Crippen molar-refractivity contribution in [1.29, 1.82) is 0 Å². The van der Waals surface area contributed by atoms with Gasteiger partial charge in [-0.2, -0.15) is 5.10 Å². The molecule has 1 saturated carbocycles. The Morgan fingerprint density at radius 2 is 2.22 bits per heavy atom. The van der Waals surface area contributed by atoms with Gasteiger partial charge in [0.2, 0.25) is 0 Å². The van der Waals surface area contributed by atoms with Gasteiger partial charge in [-0.25, -0.2) is 0 Å². The fourth-order valence-corrected chi connectivity index (χ4v) is 2.98. The van der Waals surface area contributed by atoms with Crippen molar-refractivity contribution in [2.45, 2.75) is 32.1 Å². The molecule has 0 atom stereocenters. The monoisotopic (exact) mass is 269 g/mol. The van der Waals surface area contributed by atoms with E-state index < -0.39 is 0 Å². The van der Waals surface area contributed by atoms with Crippen molar-refractivity contribution in [3.63, 3.8) is 0 Å². The number of halogens is 1. The lowest BCUT2D eigenvalue weighted by Crippen LogP contribution is -2.40. The maximum Gasteiger partial charge on any atom is 0.269 e. The summed E-state index contributed by atoms with van der Waals surface area (Å²) in [5.41, 5.74) is 0.684. The van der Waals surface area contributed by atoms with Crippen LogP contribution in [0.1, 0.15) is 42.6 Å². The van der Waals surface area contributed by atoms with E-state index in [2.05, 4.69) is 10.4 Å². The molecule has 1 amide bonds. The minimum Gasteiger partial charge on any atom is -0.350 e. The molecular formula is C13H20ClN3O. The lowest BCUT2D eigenvalue weighted by atomic mass is 9.75. The van der Waals surface area contributed by atoms with Crippen LogP contribution in [-0.2, 0) is 7.05 Å². The Morgan fingerprint density at radius 3 is 2.78 bits per heavy atom. The number of hydrogen-bond donors (Lipinski definition) is 1. The zero-order valence-corrected chi connectivity index (χ0v) is 11.5. The van der Waals surface area contributed by atoms with Crippen LogP contribution in [0.2, 0.25) is 0 Å². The van der Waals surface area contributed by atoms with Crippen LogP contribution in [0.15, 0.2) is 12.3 Å². The predicted octanol–water partition coefficient (Wildman–Crippen LogP) is 2.34. The summed E-state index contributed by atoms with van der Waals surface area (Å²) in [6.07, 6.45) is 7.58. The van der Waals surface area contributed by atoms with E-state index in [0.717, 1.165) is 12.8 Å². The van der Waals surface area contributed by atoms with E-state index in [4.69, 9.17) is 11.6 Å². The molecule has 2 rings (SSSR count). The maximum absolute atomic E-state index is 12.0. The topological polar surface area (TPSA) is 46.9 Å². The second-order valence-corrected chi connectivity index (χ2v) is 5.48. The lowest BCUT2D eigenvalue weighted by molar-refractivity contribution is 0.0911. The minimum atomic E-state index is -0.0648. The zero-order valence-electron chi connectivity index (χ0n) is 10.8. The van der Waals surface area contributed by atoms with Gasteiger partial charge in [-0.3, -0.25) is 9.48 Å². The molecule has 1 aromatic rings. The smallest absolute Gasteiger partial charge is 0.269 e. The van der Waals surface area contributed by atoms with Crippen LogP contribution in [0.3, 0.4) is 0 Å². The molecule has 0 aliphatic heterocycles. The molecule has 18 heavy (non-hydrogen) atoms. The number of carbonyl (C=O) groups is 1. The molecule has 1 heterocycles. The molecule has 1 aromatic heterocycles. The Balaban J connectivity index is 1.94. The van der Waals surface area contributed by atoms with Crippen molar-refractivity contribution in [3.05, 3.63) is 18.0 Å². The molecule has 1 aliphatic rings. The summed E-state index contributed by atoms with van der Waals surface area (Å²) >= 11 is 6.11. The summed E-state index contributed by atoms with van der Waals surface area (Å²) in [4.78, 5) is 12.0. The average molecular weight is 270 g/mol. The fraction of sp³-hybridized carbons (Fsp3) is 0.692. The Labute approximate surface area is 113 Å². The van der Waals surface area contributed by atoms with Crippen molar-refractivity contribution in [1.82, 2.24) is 15.1 Å². The van der Waals surface area contributed by atoms with E-state index in [9.17, 15) is 4.79 Å². The molecule has 0 spiro atoms. The first-order valence-electron chi connectivity index (χ1n) is 6.49. The van der Waals surface area contributed by atoms with Crippen molar-refractivity contribution < 1.29 is 4.79 Å². The van der Waals surface area contributed by atoms with Crippen LogP contribution in [-0.4, -0.2) is 28.1 Å². The number of alkyl halides is 1. The third kappa shape index (κ3) is 2.86. The van der Waals surface area contributed by atoms with Gasteiger partial charge in [0, 0.05) is 31.1 Å². The second-order valence-electron chi connectivity index (χ2n) is 5.22. The van der Waals surface area contributed by atoms with Gasteiger partial charge in [-0.15, -0.1) is 11.6 Å². The van der Waals surface area contributed by atoms with Gasteiger partial charge < -0.3 is 5.32 Å². The molecule has 100 valence electrons. The molecule has 1 fully saturated rings.